The van der Waals surface area contributed by atoms with E-state index in [4.69, 9.17) is 4.74 Å². The first kappa shape index (κ1) is 9.64. The highest BCUT2D eigenvalue weighted by molar-refractivity contribution is 5.25. The van der Waals surface area contributed by atoms with Gasteiger partial charge in [-0.3, -0.25) is 0 Å². The van der Waals surface area contributed by atoms with Gasteiger partial charge in [-0.2, -0.15) is 5.10 Å². The third kappa shape index (κ3) is 2.31. The first-order valence-corrected chi connectivity index (χ1v) is 4.74. The summed E-state index contributed by atoms with van der Waals surface area (Å²) in [5.74, 6) is 1.26. The van der Waals surface area contributed by atoms with Crippen molar-refractivity contribution >= 4 is 0 Å². The van der Waals surface area contributed by atoms with E-state index < -0.39 is 0 Å². The predicted octanol–water partition coefficient (Wildman–Crippen LogP) is 1.45. The molecule has 0 radical (unpaired) electrons. The molecule has 0 amide bonds. The summed E-state index contributed by atoms with van der Waals surface area (Å²) in [6, 6.07) is 3.60. The van der Waals surface area contributed by atoms with Gasteiger partial charge in [-0.15, -0.1) is 0 Å². The van der Waals surface area contributed by atoms with Crippen LogP contribution in [0.2, 0.25) is 0 Å². The molecule has 15 heavy (non-hydrogen) atoms. The summed E-state index contributed by atoms with van der Waals surface area (Å²) in [7, 11) is 0. The van der Waals surface area contributed by atoms with Crippen LogP contribution in [0.4, 0.5) is 0 Å². The van der Waals surface area contributed by atoms with Crippen molar-refractivity contribution in [1.82, 2.24) is 19.7 Å². The van der Waals surface area contributed by atoms with Crippen LogP contribution in [-0.2, 0) is 0 Å². The highest BCUT2D eigenvalue weighted by Crippen LogP contribution is 2.11. The van der Waals surface area contributed by atoms with Gasteiger partial charge in [0.25, 0.3) is 0 Å². The van der Waals surface area contributed by atoms with E-state index in [1.54, 1.807) is 16.9 Å². The maximum Gasteiger partial charge on any atom is 0.218 e. The minimum absolute atomic E-state index is 0.102. The van der Waals surface area contributed by atoms with Gasteiger partial charge in [-0.1, -0.05) is 0 Å². The Kier molecular flexibility index (Phi) is 2.62. The Labute approximate surface area is 87.7 Å². The van der Waals surface area contributed by atoms with Crippen molar-refractivity contribution in [2.75, 3.05) is 0 Å². The first-order chi connectivity index (χ1) is 7.25. The zero-order valence-electron chi connectivity index (χ0n) is 8.66. The van der Waals surface area contributed by atoms with Crippen LogP contribution in [-0.4, -0.2) is 25.9 Å². The molecule has 0 saturated carbocycles. The topological polar surface area (TPSA) is 52.8 Å². The molecule has 5 nitrogen and oxygen atoms in total. The van der Waals surface area contributed by atoms with Gasteiger partial charge in [0, 0.05) is 18.5 Å². The largest absolute Gasteiger partial charge is 0.475 e. The molecule has 0 saturated heterocycles. The maximum atomic E-state index is 5.46. The van der Waals surface area contributed by atoms with E-state index in [-0.39, 0.29) is 6.10 Å². The lowest BCUT2D eigenvalue weighted by Gasteiger charge is -2.08. The molecular formula is C10H12N4O. The van der Waals surface area contributed by atoms with Gasteiger partial charge in [-0.05, 0) is 19.9 Å². The van der Waals surface area contributed by atoms with Crippen LogP contribution in [0, 0.1) is 0 Å². The van der Waals surface area contributed by atoms with E-state index in [1.807, 2.05) is 26.1 Å². The molecule has 78 valence electrons. The number of aromatic nitrogens is 4. The van der Waals surface area contributed by atoms with Crippen LogP contribution >= 0.6 is 0 Å². The fourth-order valence-corrected chi connectivity index (χ4v) is 1.17. The summed E-state index contributed by atoms with van der Waals surface area (Å²) in [5.41, 5.74) is 0. The molecule has 0 fully saturated rings. The van der Waals surface area contributed by atoms with Crippen molar-refractivity contribution in [2.45, 2.75) is 20.0 Å². The lowest BCUT2D eigenvalue weighted by atomic mass is 10.5. The SMILES string of the molecule is CC(C)Oc1cc(-n2cccn2)ncn1. The molecular weight excluding hydrogens is 192 g/mol. The number of hydrogen-bond acceptors (Lipinski definition) is 4. The molecule has 0 unspecified atom stereocenters. The van der Waals surface area contributed by atoms with Crippen LogP contribution in [0.5, 0.6) is 5.88 Å². The summed E-state index contributed by atoms with van der Waals surface area (Å²) in [5, 5.41) is 4.08. The molecule has 0 spiro atoms. The van der Waals surface area contributed by atoms with Crippen molar-refractivity contribution in [3.63, 3.8) is 0 Å². The van der Waals surface area contributed by atoms with Crippen LogP contribution in [0.25, 0.3) is 5.82 Å². The highest BCUT2D eigenvalue weighted by Gasteiger charge is 2.03. The van der Waals surface area contributed by atoms with E-state index in [0.29, 0.717) is 11.7 Å². The highest BCUT2D eigenvalue weighted by atomic mass is 16.5. The smallest absolute Gasteiger partial charge is 0.218 e. The Bertz CT molecular complexity index is 425. The first-order valence-electron chi connectivity index (χ1n) is 4.74. The average Bonchev–Trinajstić information content (AvgIpc) is 2.69. The predicted molar refractivity (Wildman–Crippen MR) is 54.9 cm³/mol. The Hall–Kier alpha value is -1.91. The van der Waals surface area contributed by atoms with Gasteiger partial charge in [0.15, 0.2) is 5.82 Å². The van der Waals surface area contributed by atoms with E-state index in [9.17, 15) is 0 Å². The Balaban J connectivity index is 2.27. The van der Waals surface area contributed by atoms with Crippen molar-refractivity contribution in [3.8, 4) is 11.7 Å². The Morgan fingerprint density at radius 3 is 2.87 bits per heavy atom. The Morgan fingerprint density at radius 1 is 1.33 bits per heavy atom. The summed E-state index contributed by atoms with van der Waals surface area (Å²) in [4.78, 5) is 8.11. The second kappa shape index (κ2) is 4.08. The fourth-order valence-electron chi connectivity index (χ4n) is 1.17. The van der Waals surface area contributed by atoms with Crippen LogP contribution in [0.1, 0.15) is 13.8 Å². The van der Waals surface area contributed by atoms with Gasteiger partial charge in [0.05, 0.1) is 6.10 Å². The van der Waals surface area contributed by atoms with Crippen molar-refractivity contribution in [1.29, 1.82) is 0 Å². The molecule has 5 heteroatoms. The van der Waals surface area contributed by atoms with E-state index in [0.717, 1.165) is 0 Å². The summed E-state index contributed by atoms with van der Waals surface area (Å²) >= 11 is 0. The lowest BCUT2D eigenvalue weighted by molar-refractivity contribution is 0.232. The number of hydrogen-bond donors (Lipinski definition) is 0. The van der Waals surface area contributed by atoms with Crippen LogP contribution in [0.15, 0.2) is 30.9 Å². The second-order valence-corrected chi connectivity index (χ2v) is 3.33. The van der Waals surface area contributed by atoms with Crippen molar-refractivity contribution in [3.05, 3.63) is 30.9 Å². The van der Waals surface area contributed by atoms with Crippen molar-refractivity contribution < 1.29 is 4.74 Å². The summed E-state index contributed by atoms with van der Waals surface area (Å²) in [6.45, 7) is 3.91. The third-order valence-electron chi connectivity index (χ3n) is 1.72. The number of nitrogens with zero attached hydrogens (tertiary/aromatic N) is 4. The zero-order chi connectivity index (χ0) is 10.7. The standard InChI is InChI=1S/C10H12N4O/c1-8(2)15-10-6-9(11-7-12-10)14-5-3-4-13-14/h3-8H,1-2H3. The van der Waals surface area contributed by atoms with Crippen LogP contribution in [0.3, 0.4) is 0 Å². The molecule has 0 atom stereocenters. The minimum atomic E-state index is 0.102. The monoisotopic (exact) mass is 204 g/mol. The van der Waals surface area contributed by atoms with Gasteiger partial charge in [-0.25, -0.2) is 14.6 Å². The molecule has 0 bridgehead atoms. The normalized spacial score (nSPS) is 10.6. The molecule has 0 aliphatic heterocycles. The van der Waals surface area contributed by atoms with Crippen LogP contribution < -0.4 is 4.74 Å². The molecule has 0 N–H and O–H groups in total. The zero-order valence-corrected chi connectivity index (χ0v) is 8.66. The van der Waals surface area contributed by atoms with Gasteiger partial charge < -0.3 is 4.74 Å². The average molecular weight is 204 g/mol. The fraction of sp³-hybridized carbons (Fsp3) is 0.300. The molecule has 2 aromatic rings. The Morgan fingerprint density at radius 2 is 2.20 bits per heavy atom. The van der Waals surface area contributed by atoms with Gasteiger partial charge >= 0.3 is 0 Å². The molecule has 0 aromatic carbocycles. The molecule has 2 aromatic heterocycles. The third-order valence-corrected chi connectivity index (χ3v) is 1.72. The van der Waals surface area contributed by atoms with E-state index in [1.165, 1.54) is 6.33 Å². The van der Waals surface area contributed by atoms with Crippen molar-refractivity contribution in [2.24, 2.45) is 0 Å². The lowest BCUT2D eigenvalue weighted by Crippen LogP contribution is -2.08. The maximum absolute atomic E-state index is 5.46. The number of rotatable bonds is 3. The van der Waals surface area contributed by atoms with E-state index in [2.05, 4.69) is 15.1 Å². The number of ether oxygens (including phenoxy) is 1. The van der Waals surface area contributed by atoms with E-state index >= 15 is 0 Å². The minimum Gasteiger partial charge on any atom is -0.475 e. The van der Waals surface area contributed by atoms with Gasteiger partial charge in [0.1, 0.15) is 6.33 Å². The van der Waals surface area contributed by atoms with Gasteiger partial charge in [0.2, 0.25) is 5.88 Å². The summed E-state index contributed by atoms with van der Waals surface area (Å²) in [6.07, 6.45) is 5.09. The molecule has 0 aliphatic carbocycles. The summed E-state index contributed by atoms with van der Waals surface area (Å²) < 4.78 is 7.12. The molecule has 0 aliphatic rings. The second-order valence-electron chi connectivity index (χ2n) is 3.33. The molecule has 2 rings (SSSR count). The quantitative estimate of drug-likeness (QED) is 0.759. The molecule has 2 heterocycles.